The second-order valence-electron chi connectivity index (χ2n) is 6.28. The molecule has 1 aromatic carbocycles. The second kappa shape index (κ2) is 6.13. The molecule has 4 rings (SSSR count). The molecule has 1 fully saturated rings. The summed E-state index contributed by atoms with van der Waals surface area (Å²) < 4.78 is 2.26. The number of fused-ring (bicyclic) bond motifs is 1. The van der Waals surface area contributed by atoms with Crippen molar-refractivity contribution in [2.24, 2.45) is 7.05 Å². The zero-order valence-corrected chi connectivity index (χ0v) is 13.5. The van der Waals surface area contributed by atoms with Crippen molar-refractivity contribution in [2.45, 2.75) is 25.3 Å². The average Bonchev–Trinajstić information content (AvgIpc) is 3.19. The lowest BCUT2D eigenvalue weighted by Crippen LogP contribution is -2.27. The van der Waals surface area contributed by atoms with Crippen LogP contribution in [0.1, 0.15) is 30.4 Å². The summed E-state index contributed by atoms with van der Waals surface area (Å²) in [4.78, 5) is 11.9. The highest BCUT2D eigenvalue weighted by molar-refractivity contribution is 5.75. The number of para-hydroxylation sites is 2. The standard InChI is InChI=1S/C19H22N4/c1-22-17-9-3-2-8-16(17)21-19(22)18-10-6-13-23(18)14-11-15-7-4-5-12-20-15/h2-5,7-9,12,18H,6,10-11,13-14H2,1H3/t18-/m0/s1. The topological polar surface area (TPSA) is 34.0 Å². The second-order valence-corrected chi connectivity index (χ2v) is 6.28. The molecule has 2 aromatic heterocycles. The third-order valence-corrected chi connectivity index (χ3v) is 4.86. The first kappa shape index (κ1) is 14.4. The van der Waals surface area contributed by atoms with Gasteiger partial charge in [-0.15, -0.1) is 0 Å². The first-order valence-corrected chi connectivity index (χ1v) is 8.38. The summed E-state index contributed by atoms with van der Waals surface area (Å²) in [6.45, 7) is 2.20. The first-order valence-electron chi connectivity index (χ1n) is 8.38. The third-order valence-electron chi connectivity index (χ3n) is 4.86. The van der Waals surface area contributed by atoms with Crippen molar-refractivity contribution in [1.29, 1.82) is 0 Å². The largest absolute Gasteiger partial charge is 0.330 e. The zero-order chi connectivity index (χ0) is 15.6. The fourth-order valence-electron chi connectivity index (χ4n) is 3.65. The van der Waals surface area contributed by atoms with E-state index in [9.17, 15) is 0 Å². The number of aromatic nitrogens is 3. The normalized spacial score (nSPS) is 18.7. The summed E-state index contributed by atoms with van der Waals surface area (Å²) >= 11 is 0. The van der Waals surface area contributed by atoms with Gasteiger partial charge in [0.2, 0.25) is 0 Å². The summed E-state index contributed by atoms with van der Waals surface area (Å²) in [5, 5.41) is 0. The number of aryl methyl sites for hydroxylation is 1. The fraction of sp³-hybridized carbons (Fsp3) is 0.368. The van der Waals surface area contributed by atoms with Crippen molar-refractivity contribution in [2.75, 3.05) is 13.1 Å². The first-order chi connectivity index (χ1) is 11.3. The van der Waals surface area contributed by atoms with Crippen molar-refractivity contribution in [3.05, 3.63) is 60.2 Å². The summed E-state index contributed by atoms with van der Waals surface area (Å²) in [6.07, 6.45) is 5.32. The molecule has 1 aliphatic rings. The Morgan fingerprint density at radius 2 is 2.00 bits per heavy atom. The number of hydrogen-bond donors (Lipinski definition) is 0. The Bertz CT molecular complexity index is 793. The van der Waals surface area contributed by atoms with Crippen LogP contribution >= 0.6 is 0 Å². The quantitative estimate of drug-likeness (QED) is 0.741. The van der Waals surface area contributed by atoms with Crippen LogP contribution in [0.2, 0.25) is 0 Å². The van der Waals surface area contributed by atoms with Crippen LogP contribution in [-0.4, -0.2) is 32.5 Å². The van der Waals surface area contributed by atoms with Crippen LogP contribution in [-0.2, 0) is 13.5 Å². The lowest BCUT2D eigenvalue weighted by atomic mass is 10.2. The Morgan fingerprint density at radius 3 is 2.83 bits per heavy atom. The molecular formula is C19H22N4. The Kier molecular flexibility index (Phi) is 3.83. The highest BCUT2D eigenvalue weighted by atomic mass is 15.2. The minimum absolute atomic E-state index is 0.427. The maximum absolute atomic E-state index is 4.91. The molecule has 0 radical (unpaired) electrons. The van der Waals surface area contributed by atoms with Crippen molar-refractivity contribution >= 4 is 11.0 Å². The Balaban J connectivity index is 1.56. The highest BCUT2D eigenvalue weighted by Gasteiger charge is 2.29. The number of hydrogen-bond acceptors (Lipinski definition) is 3. The van der Waals surface area contributed by atoms with E-state index in [2.05, 4.69) is 57.9 Å². The molecule has 0 unspecified atom stereocenters. The van der Waals surface area contributed by atoms with Crippen molar-refractivity contribution in [1.82, 2.24) is 19.4 Å². The number of imidazole rings is 1. The number of nitrogens with zero attached hydrogens (tertiary/aromatic N) is 4. The summed E-state index contributed by atoms with van der Waals surface area (Å²) in [5.74, 6) is 1.20. The SMILES string of the molecule is Cn1c([C@@H]2CCCN2CCc2ccccn2)nc2ccccc21. The van der Waals surface area contributed by atoms with E-state index in [0.29, 0.717) is 6.04 Å². The molecule has 23 heavy (non-hydrogen) atoms. The number of benzene rings is 1. The van der Waals surface area contributed by atoms with E-state index in [4.69, 9.17) is 4.98 Å². The molecule has 4 heteroatoms. The van der Waals surface area contributed by atoms with Gasteiger partial charge in [-0.05, 0) is 43.7 Å². The Morgan fingerprint density at radius 1 is 1.13 bits per heavy atom. The molecule has 3 aromatic rings. The predicted octanol–water partition coefficient (Wildman–Crippen LogP) is 3.35. The summed E-state index contributed by atoms with van der Waals surface area (Å²) in [5.41, 5.74) is 3.49. The maximum Gasteiger partial charge on any atom is 0.127 e. The van der Waals surface area contributed by atoms with Gasteiger partial charge in [0.15, 0.2) is 0 Å². The number of pyridine rings is 1. The van der Waals surface area contributed by atoms with Crippen molar-refractivity contribution in [3.8, 4) is 0 Å². The molecule has 1 aliphatic heterocycles. The molecule has 1 atom stereocenters. The molecule has 0 amide bonds. The molecule has 1 saturated heterocycles. The third kappa shape index (κ3) is 2.75. The van der Waals surface area contributed by atoms with Gasteiger partial charge in [0.05, 0.1) is 17.1 Å². The van der Waals surface area contributed by atoms with Gasteiger partial charge >= 0.3 is 0 Å². The number of rotatable bonds is 4. The van der Waals surface area contributed by atoms with E-state index in [-0.39, 0.29) is 0 Å². The van der Waals surface area contributed by atoms with Gasteiger partial charge in [0.25, 0.3) is 0 Å². The van der Waals surface area contributed by atoms with Crippen LogP contribution in [0.25, 0.3) is 11.0 Å². The molecule has 118 valence electrons. The van der Waals surface area contributed by atoms with Crippen LogP contribution < -0.4 is 0 Å². The molecule has 0 N–H and O–H groups in total. The lowest BCUT2D eigenvalue weighted by Gasteiger charge is -2.23. The number of likely N-dealkylation sites (tertiary alicyclic amines) is 1. The van der Waals surface area contributed by atoms with E-state index >= 15 is 0 Å². The maximum atomic E-state index is 4.91. The van der Waals surface area contributed by atoms with Crippen LogP contribution in [0, 0.1) is 0 Å². The van der Waals surface area contributed by atoms with Crippen LogP contribution in [0.4, 0.5) is 0 Å². The van der Waals surface area contributed by atoms with Gasteiger partial charge in [-0.25, -0.2) is 4.98 Å². The highest BCUT2D eigenvalue weighted by Crippen LogP contribution is 2.32. The average molecular weight is 306 g/mol. The molecular weight excluding hydrogens is 284 g/mol. The van der Waals surface area contributed by atoms with E-state index in [1.54, 1.807) is 0 Å². The van der Waals surface area contributed by atoms with Crippen molar-refractivity contribution < 1.29 is 0 Å². The van der Waals surface area contributed by atoms with E-state index in [1.165, 1.54) is 29.9 Å². The van der Waals surface area contributed by atoms with E-state index in [0.717, 1.165) is 25.0 Å². The minimum Gasteiger partial charge on any atom is -0.330 e. The van der Waals surface area contributed by atoms with Gasteiger partial charge in [-0.3, -0.25) is 9.88 Å². The van der Waals surface area contributed by atoms with Gasteiger partial charge in [-0.2, -0.15) is 0 Å². The molecule has 0 saturated carbocycles. The van der Waals surface area contributed by atoms with Gasteiger partial charge < -0.3 is 4.57 Å². The predicted molar refractivity (Wildman–Crippen MR) is 92.2 cm³/mol. The van der Waals surface area contributed by atoms with Crippen LogP contribution in [0.3, 0.4) is 0 Å². The van der Waals surface area contributed by atoms with Gasteiger partial charge in [-0.1, -0.05) is 18.2 Å². The summed E-state index contributed by atoms with van der Waals surface area (Å²) in [7, 11) is 2.14. The molecule has 0 spiro atoms. The monoisotopic (exact) mass is 306 g/mol. The minimum atomic E-state index is 0.427. The Hall–Kier alpha value is -2.20. The molecule has 4 nitrogen and oxygen atoms in total. The molecule has 3 heterocycles. The van der Waals surface area contributed by atoms with Gasteiger partial charge in [0, 0.05) is 31.9 Å². The van der Waals surface area contributed by atoms with E-state index in [1.807, 2.05) is 12.3 Å². The zero-order valence-electron chi connectivity index (χ0n) is 13.5. The van der Waals surface area contributed by atoms with Gasteiger partial charge in [0.1, 0.15) is 5.82 Å². The molecule has 0 bridgehead atoms. The van der Waals surface area contributed by atoms with Crippen LogP contribution in [0.5, 0.6) is 0 Å². The molecule has 0 aliphatic carbocycles. The lowest BCUT2D eigenvalue weighted by molar-refractivity contribution is 0.248. The van der Waals surface area contributed by atoms with Crippen molar-refractivity contribution in [3.63, 3.8) is 0 Å². The fourth-order valence-corrected chi connectivity index (χ4v) is 3.65. The smallest absolute Gasteiger partial charge is 0.127 e. The summed E-state index contributed by atoms with van der Waals surface area (Å²) in [6, 6.07) is 15.0. The van der Waals surface area contributed by atoms with E-state index < -0.39 is 0 Å². The van der Waals surface area contributed by atoms with Crippen LogP contribution in [0.15, 0.2) is 48.7 Å². The Labute approximate surface area is 136 Å².